The highest BCUT2D eigenvalue weighted by molar-refractivity contribution is 7.52. The van der Waals surface area contributed by atoms with Crippen molar-refractivity contribution in [3.8, 4) is 0 Å². The molecule has 0 saturated heterocycles. The molecule has 0 aliphatic heterocycles. The second-order valence-corrected chi connectivity index (χ2v) is 1.61. The van der Waals surface area contributed by atoms with Crippen molar-refractivity contribution in [1.29, 1.82) is 0 Å². The quantitative estimate of drug-likeness (QED) is 0.282. The largest absolute Gasteiger partial charge is 0.369 e. The molecular formula is H4O4P. The van der Waals surface area contributed by atoms with Crippen LogP contribution in [0.4, 0.5) is 0 Å². The lowest BCUT2D eigenvalue weighted by molar-refractivity contribution is 0.229. The molecule has 0 bridgehead atoms. The van der Waals surface area contributed by atoms with Crippen molar-refractivity contribution in [3.05, 3.63) is 0 Å². The molecule has 0 heterocycles. The molecule has 0 aromatic heterocycles. The van der Waals surface area contributed by atoms with Crippen molar-refractivity contribution < 1.29 is 19.6 Å². The van der Waals surface area contributed by atoms with Crippen LogP contribution in [0.3, 0.4) is 0 Å². The van der Waals surface area contributed by atoms with E-state index in [1.807, 2.05) is 0 Å². The van der Waals surface area contributed by atoms with Crippen LogP contribution < -0.4 is 0 Å². The molecule has 4 N–H and O–H groups in total. The topological polar surface area (TPSA) is 80.9 Å². The van der Waals surface area contributed by atoms with Gasteiger partial charge in [0.15, 0.2) is 0 Å². The Morgan fingerprint density at radius 1 is 0.800 bits per heavy atom. The van der Waals surface area contributed by atoms with Gasteiger partial charge in [-0.1, -0.05) is 0 Å². The highest BCUT2D eigenvalue weighted by Gasteiger charge is 2.06. The maximum absolute atomic E-state index is 7.30. The van der Waals surface area contributed by atoms with Crippen molar-refractivity contribution in [2.24, 2.45) is 0 Å². The third-order valence-electron chi connectivity index (χ3n) is 0. The van der Waals surface area contributed by atoms with E-state index in [4.69, 9.17) is 19.6 Å². The monoisotopic (exact) mass is 99.0 g/mol. The van der Waals surface area contributed by atoms with Gasteiger partial charge in [0.05, 0.1) is 0 Å². The SMILES string of the molecule is O[P](O)(O)O. The third-order valence-corrected chi connectivity index (χ3v) is 0. The molecule has 0 aliphatic carbocycles. The van der Waals surface area contributed by atoms with Gasteiger partial charge in [0.25, 0.3) is 0 Å². The average molecular weight is 99.0 g/mol. The van der Waals surface area contributed by atoms with E-state index in [2.05, 4.69) is 0 Å². The molecular weight excluding hydrogens is 95.0 g/mol. The Morgan fingerprint density at radius 2 is 0.800 bits per heavy atom. The smallest absolute Gasteiger partial charge is 0.315 e. The Kier molecular flexibility index (Phi) is 1.22. The van der Waals surface area contributed by atoms with Crippen LogP contribution in [0.25, 0.3) is 0 Å². The fourth-order valence-corrected chi connectivity index (χ4v) is 0. The lowest BCUT2D eigenvalue weighted by atomic mass is 15.7. The molecule has 0 saturated carbocycles. The second kappa shape index (κ2) is 1.16. The van der Waals surface area contributed by atoms with Crippen LogP contribution in [0.2, 0.25) is 0 Å². The molecule has 0 amide bonds. The molecule has 0 aromatic carbocycles. The predicted octanol–water partition coefficient (Wildman–Crippen LogP) is -1.37. The predicted molar refractivity (Wildman–Crippen MR) is 15.8 cm³/mol. The van der Waals surface area contributed by atoms with Gasteiger partial charge in [-0.3, -0.25) is 0 Å². The summed E-state index contributed by atoms with van der Waals surface area (Å²) in [6.45, 7) is 0. The molecule has 0 fully saturated rings. The first-order valence-electron chi connectivity index (χ1n) is 0.800. The highest BCUT2D eigenvalue weighted by Crippen LogP contribution is 2.37. The first kappa shape index (κ1) is 5.27. The van der Waals surface area contributed by atoms with Crippen LogP contribution in [-0.2, 0) is 0 Å². The van der Waals surface area contributed by atoms with E-state index in [9.17, 15) is 0 Å². The van der Waals surface area contributed by atoms with Gasteiger partial charge in [-0.05, 0) is 0 Å². The Hall–Kier alpha value is 0.270. The molecule has 0 rings (SSSR count). The highest BCUT2D eigenvalue weighted by atomic mass is 31.2. The van der Waals surface area contributed by atoms with Crippen molar-refractivity contribution >= 4 is 8.17 Å². The van der Waals surface area contributed by atoms with E-state index < -0.39 is 8.17 Å². The zero-order valence-corrected chi connectivity index (χ0v) is 3.13. The fraction of sp³-hybridized carbons (Fsp3) is 0. The van der Waals surface area contributed by atoms with Gasteiger partial charge in [-0.25, -0.2) is 0 Å². The zero-order chi connectivity index (χ0) is 4.50. The van der Waals surface area contributed by atoms with Crippen molar-refractivity contribution in [3.63, 3.8) is 0 Å². The Labute approximate surface area is 29.0 Å². The first-order valence-corrected chi connectivity index (χ1v) is 2.40. The van der Waals surface area contributed by atoms with Gasteiger partial charge < -0.3 is 19.6 Å². The van der Waals surface area contributed by atoms with Crippen molar-refractivity contribution in [2.75, 3.05) is 0 Å². The second-order valence-electron chi connectivity index (χ2n) is 0.537. The molecule has 0 aromatic rings. The Balaban J connectivity index is 3.02. The van der Waals surface area contributed by atoms with Crippen LogP contribution >= 0.6 is 8.17 Å². The van der Waals surface area contributed by atoms with E-state index >= 15 is 0 Å². The summed E-state index contributed by atoms with van der Waals surface area (Å²) in [6, 6.07) is 0. The van der Waals surface area contributed by atoms with Crippen molar-refractivity contribution in [2.45, 2.75) is 0 Å². The van der Waals surface area contributed by atoms with Gasteiger partial charge >= 0.3 is 8.17 Å². The molecule has 33 valence electrons. The molecule has 0 spiro atoms. The zero-order valence-electron chi connectivity index (χ0n) is 2.24. The lowest BCUT2D eigenvalue weighted by Crippen LogP contribution is -1.79. The van der Waals surface area contributed by atoms with Crippen molar-refractivity contribution in [1.82, 2.24) is 0 Å². The Morgan fingerprint density at radius 3 is 0.800 bits per heavy atom. The average Bonchev–Trinajstić information content (AvgIpc) is 0.722. The third kappa shape index (κ3) is 302. The minimum atomic E-state index is -4.39. The van der Waals surface area contributed by atoms with Gasteiger partial charge in [0, 0.05) is 0 Å². The van der Waals surface area contributed by atoms with Crippen LogP contribution in [0, 0.1) is 0 Å². The molecule has 5 heavy (non-hydrogen) atoms. The van der Waals surface area contributed by atoms with Crippen LogP contribution in [0.5, 0.6) is 0 Å². The minimum Gasteiger partial charge on any atom is -0.315 e. The van der Waals surface area contributed by atoms with Gasteiger partial charge in [-0.15, -0.1) is 0 Å². The van der Waals surface area contributed by atoms with Crippen LogP contribution in [-0.4, -0.2) is 19.6 Å². The molecule has 0 aliphatic rings. The van der Waals surface area contributed by atoms with E-state index in [-0.39, 0.29) is 0 Å². The van der Waals surface area contributed by atoms with Gasteiger partial charge in [0.1, 0.15) is 0 Å². The lowest BCUT2D eigenvalue weighted by Gasteiger charge is -2.00. The summed E-state index contributed by atoms with van der Waals surface area (Å²) < 4.78 is 0. The van der Waals surface area contributed by atoms with Gasteiger partial charge in [-0.2, -0.15) is 0 Å². The number of rotatable bonds is 0. The summed E-state index contributed by atoms with van der Waals surface area (Å²) in [5.74, 6) is 0. The van der Waals surface area contributed by atoms with E-state index in [1.165, 1.54) is 0 Å². The molecule has 0 unspecified atom stereocenters. The minimum absolute atomic E-state index is 4.39. The normalized spacial score (nSPS) is 12.0. The Bertz CT molecular complexity index is 19.1. The molecule has 4 nitrogen and oxygen atoms in total. The van der Waals surface area contributed by atoms with E-state index in [1.54, 1.807) is 0 Å². The summed E-state index contributed by atoms with van der Waals surface area (Å²) in [5, 5.41) is 0. The fourth-order valence-electron chi connectivity index (χ4n) is 0. The van der Waals surface area contributed by atoms with E-state index in [0.29, 0.717) is 0 Å². The maximum atomic E-state index is 7.30. The van der Waals surface area contributed by atoms with Crippen LogP contribution in [0.1, 0.15) is 0 Å². The van der Waals surface area contributed by atoms with Crippen LogP contribution in [0.15, 0.2) is 0 Å². The molecule has 0 atom stereocenters. The van der Waals surface area contributed by atoms with Gasteiger partial charge in [0.2, 0.25) is 0 Å². The number of hydrogen-bond acceptors (Lipinski definition) is 4. The summed E-state index contributed by atoms with van der Waals surface area (Å²) >= 11 is 0. The standard InChI is InChI=1S/H4O4P/c1-5(2,3)4/h1-4H. The van der Waals surface area contributed by atoms with E-state index in [0.717, 1.165) is 0 Å². The summed E-state index contributed by atoms with van der Waals surface area (Å²) in [7, 11) is -4.39. The first-order chi connectivity index (χ1) is 2.00. The molecule has 1 radical (unpaired) electrons. The summed E-state index contributed by atoms with van der Waals surface area (Å²) in [4.78, 5) is 29.2. The molecule has 5 heteroatoms. The summed E-state index contributed by atoms with van der Waals surface area (Å²) in [6.07, 6.45) is 0. The maximum Gasteiger partial charge on any atom is 0.369 e. The summed E-state index contributed by atoms with van der Waals surface area (Å²) in [5.41, 5.74) is 0. The number of hydrogen-bond donors (Lipinski definition) is 4.